The number of likely N-dealkylation sites (tertiary alicyclic amines) is 1. The summed E-state index contributed by atoms with van der Waals surface area (Å²) in [6.07, 6.45) is 1.69. The standard InChI is InChI=1S/C13H19N3O2/c14-15-12-7-4-8-16(9-12)13(17)18-10-11-5-2-1-3-6-11/h1-3,5-6,12,15H,4,7-10,14H2/t12-/m0/s1. The molecule has 1 aromatic carbocycles. The van der Waals surface area contributed by atoms with Gasteiger partial charge >= 0.3 is 6.09 Å². The van der Waals surface area contributed by atoms with Crippen LogP contribution in [0.5, 0.6) is 0 Å². The van der Waals surface area contributed by atoms with Crippen molar-refractivity contribution in [3.63, 3.8) is 0 Å². The largest absolute Gasteiger partial charge is 0.445 e. The normalized spacial score (nSPS) is 19.6. The van der Waals surface area contributed by atoms with Gasteiger partial charge in [-0.15, -0.1) is 0 Å². The average Bonchev–Trinajstić information content (AvgIpc) is 2.46. The summed E-state index contributed by atoms with van der Waals surface area (Å²) < 4.78 is 5.28. The van der Waals surface area contributed by atoms with E-state index in [1.54, 1.807) is 4.90 Å². The van der Waals surface area contributed by atoms with E-state index in [-0.39, 0.29) is 12.1 Å². The number of benzene rings is 1. The minimum atomic E-state index is -0.265. The van der Waals surface area contributed by atoms with Gasteiger partial charge in [0, 0.05) is 19.1 Å². The lowest BCUT2D eigenvalue weighted by molar-refractivity contribution is 0.0834. The Kier molecular flexibility index (Phi) is 4.55. The van der Waals surface area contributed by atoms with E-state index in [1.807, 2.05) is 30.3 Å². The molecule has 0 saturated carbocycles. The Labute approximate surface area is 107 Å². The summed E-state index contributed by atoms with van der Waals surface area (Å²) >= 11 is 0. The van der Waals surface area contributed by atoms with Crippen molar-refractivity contribution in [2.45, 2.75) is 25.5 Å². The van der Waals surface area contributed by atoms with Gasteiger partial charge in [-0.1, -0.05) is 30.3 Å². The second-order valence-electron chi connectivity index (χ2n) is 4.49. The van der Waals surface area contributed by atoms with E-state index < -0.39 is 0 Å². The molecule has 5 heteroatoms. The second kappa shape index (κ2) is 6.37. The van der Waals surface area contributed by atoms with E-state index in [1.165, 1.54) is 0 Å². The quantitative estimate of drug-likeness (QED) is 0.625. The van der Waals surface area contributed by atoms with E-state index >= 15 is 0 Å². The van der Waals surface area contributed by atoms with Gasteiger partial charge < -0.3 is 9.64 Å². The van der Waals surface area contributed by atoms with Crippen molar-refractivity contribution in [2.24, 2.45) is 5.84 Å². The number of piperidine rings is 1. The molecule has 0 bridgehead atoms. The Morgan fingerprint density at radius 1 is 1.44 bits per heavy atom. The molecule has 18 heavy (non-hydrogen) atoms. The number of carbonyl (C=O) groups excluding carboxylic acids is 1. The van der Waals surface area contributed by atoms with Crippen LogP contribution < -0.4 is 11.3 Å². The van der Waals surface area contributed by atoms with Crippen molar-refractivity contribution >= 4 is 6.09 Å². The average molecular weight is 249 g/mol. The van der Waals surface area contributed by atoms with E-state index in [2.05, 4.69) is 5.43 Å². The molecule has 0 unspecified atom stereocenters. The van der Waals surface area contributed by atoms with E-state index in [0.29, 0.717) is 13.2 Å². The maximum Gasteiger partial charge on any atom is 0.410 e. The van der Waals surface area contributed by atoms with E-state index in [4.69, 9.17) is 10.6 Å². The van der Waals surface area contributed by atoms with Gasteiger partial charge in [0.2, 0.25) is 0 Å². The number of nitrogens with two attached hydrogens (primary N) is 1. The maximum atomic E-state index is 11.9. The monoisotopic (exact) mass is 249 g/mol. The zero-order valence-corrected chi connectivity index (χ0v) is 10.3. The number of hydrogen-bond acceptors (Lipinski definition) is 4. The fourth-order valence-electron chi connectivity index (χ4n) is 2.09. The Morgan fingerprint density at radius 3 is 2.94 bits per heavy atom. The fraction of sp³-hybridized carbons (Fsp3) is 0.462. The lowest BCUT2D eigenvalue weighted by Crippen LogP contribution is -2.50. The highest BCUT2D eigenvalue weighted by Gasteiger charge is 2.23. The molecule has 1 heterocycles. The number of hydrogen-bond donors (Lipinski definition) is 2. The van der Waals surface area contributed by atoms with Crippen LogP contribution in [0.1, 0.15) is 18.4 Å². The summed E-state index contributed by atoms with van der Waals surface area (Å²) in [6, 6.07) is 9.84. The molecule has 0 spiro atoms. The number of nitrogens with zero attached hydrogens (tertiary/aromatic N) is 1. The van der Waals surface area contributed by atoms with E-state index in [0.717, 1.165) is 24.9 Å². The smallest absolute Gasteiger partial charge is 0.410 e. The van der Waals surface area contributed by atoms with Gasteiger partial charge in [0.05, 0.1) is 0 Å². The summed E-state index contributed by atoms with van der Waals surface area (Å²) in [7, 11) is 0. The van der Waals surface area contributed by atoms with Crippen LogP contribution in [-0.2, 0) is 11.3 Å². The van der Waals surface area contributed by atoms with Crippen LogP contribution in [0.25, 0.3) is 0 Å². The minimum Gasteiger partial charge on any atom is -0.445 e. The van der Waals surface area contributed by atoms with E-state index in [9.17, 15) is 4.79 Å². The molecule has 1 aliphatic rings. The van der Waals surface area contributed by atoms with Crippen molar-refractivity contribution in [3.8, 4) is 0 Å². The first-order valence-electron chi connectivity index (χ1n) is 6.21. The van der Waals surface area contributed by atoms with Crippen molar-refractivity contribution in [1.29, 1.82) is 0 Å². The molecule has 0 aliphatic carbocycles. The van der Waals surface area contributed by atoms with Gasteiger partial charge in [-0.2, -0.15) is 0 Å². The molecule has 3 N–H and O–H groups in total. The molecule has 0 aromatic heterocycles. The highest BCUT2D eigenvalue weighted by atomic mass is 16.6. The molecule has 1 aliphatic heterocycles. The topological polar surface area (TPSA) is 67.6 Å². The summed E-state index contributed by atoms with van der Waals surface area (Å²) in [5.74, 6) is 5.40. The number of hydrazine groups is 1. The molecule has 1 atom stereocenters. The third kappa shape index (κ3) is 3.45. The van der Waals surface area contributed by atoms with Gasteiger partial charge in [0.1, 0.15) is 6.61 Å². The minimum absolute atomic E-state index is 0.169. The summed E-state index contributed by atoms with van der Waals surface area (Å²) in [4.78, 5) is 13.6. The highest BCUT2D eigenvalue weighted by molar-refractivity contribution is 5.67. The van der Waals surface area contributed by atoms with Crippen LogP contribution in [0.15, 0.2) is 30.3 Å². The Morgan fingerprint density at radius 2 is 2.22 bits per heavy atom. The van der Waals surface area contributed by atoms with Crippen molar-refractivity contribution in [1.82, 2.24) is 10.3 Å². The fourth-order valence-corrected chi connectivity index (χ4v) is 2.09. The number of rotatable bonds is 3. The van der Waals surface area contributed by atoms with Crippen molar-refractivity contribution < 1.29 is 9.53 Å². The first kappa shape index (κ1) is 12.9. The van der Waals surface area contributed by atoms with Gasteiger partial charge in [0.25, 0.3) is 0 Å². The first-order valence-corrected chi connectivity index (χ1v) is 6.21. The Hall–Kier alpha value is -1.59. The molecular weight excluding hydrogens is 230 g/mol. The van der Waals surface area contributed by atoms with Crippen LogP contribution in [-0.4, -0.2) is 30.1 Å². The van der Waals surface area contributed by atoms with Gasteiger partial charge in [-0.25, -0.2) is 4.79 Å². The predicted octanol–water partition coefficient (Wildman–Crippen LogP) is 1.25. The molecule has 0 radical (unpaired) electrons. The molecule has 1 saturated heterocycles. The van der Waals surface area contributed by atoms with Crippen LogP contribution in [0.4, 0.5) is 4.79 Å². The van der Waals surface area contributed by atoms with Crippen molar-refractivity contribution in [2.75, 3.05) is 13.1 Å². The first-order chi connectivity index (χ1) is 8.79. The molecule has 2 rings (SSSR count). The zero-order chi connectivity index (χ0) is 12.8. The van der Waals surface area contributed by atoms with Crippen LogP contribution in [0.3, 0.4) is 0 Å². The number of carbonyl (C=O) groups is 1. The van der Waals surface area contributed by atoms with Crippen LogP contribution in [0, 0.1) is 0 Å². The van der Waals surface area contributed by atoms with Crippen LogP contribution >= 0.6 is 0 Å². The molecule has 1 aromatic rings. The van der Waals surface area contributed by atoms with Gasteiger partial charge in [-0.3, -0.25) is 11.3 Å². The maximum absolute atomic E-state index is 11.9. The SMILES string of the molecule is NN[C@H]1CCCN(C(=O)OCc2ccccc2)C1. The second-order valence-corrected chi connectivity index (χ2v) is 4.49. The van der Waals surface area contributed by atoms with Gasteiger partial charge in [0.15, 0.2) is 0 Å². The molecular formula is C13H19N3O2. The summed E-state index contributed by atoms with van der Waals surface area (Å²) in [6.45, 7) is 1.67. The highest BCUT2D eigenvalue weighted by Crippen LogP contribution is 2.11. The third-order valence-corrected chi connectivity index (χ3v) is 3.12. The Balaban J connectivity index is 1.81. The predicted molar refractivity (Wildman–Crippen MR) is 68.5 cm³/mol. The zero-order valence-electron chi connectivity index (χ0n) is 10.3. The Bertz CT molecular complexity index is 383. The molecule has 1 fully saturated rings. The summed E-state index contributed by atoms with van der Waals surface area (Å²) in [5, 5.41) is 0. The number of nitrogens with one attached hydrogen (secondary N) is 1. The van der Waals surface area contributed by atoms with Crippen LogP contribution in [0.2, 0.25) is 0 Å². The van der Waals surface area contributed by atoms with Gasteiger partial charge in [-0.05, 0) is 18.4 Å². The number of ether oxygens (including phenoxy) is 1. The summed E-state index contributed by atoms with van der Waals surface area (Å²) in [5.41, 5.74) is 3.71. The molecule has 98 valence electrons. The third-order valence-electron chi connectivity index (χ3n) is 3.12. The lowest BCUT2D eigenvalue weighted by atomic mass is 10.1. The lowest BCUT2D eigenvalue weighted by Gasteiger charge is -2.31. The molecule has 5 nitrogen and oxygen atoms in total. The van der Waals surface area contributed by atoms with Crippen molar-refractivity contribution in [3.05, 3.63) is 35.9 Å². The molecule has 1 amide bonds. The number of amides is 1.